The topological polar surface area (TPSA) is 81.4 Å². The van der Waals surface area contributed by atoms with Crippen LogP contribution in [0.2, 0.25) is 0 Å². The molecule has 0 amide bonds. The molecule has 0 bridgehead atoms. The van der Waals surface area contributed by atoms with Crippen LogP contribution in [-0.2, 0) is 16.4 Å². The molecular formula is C13H16N2O4S. The summed E-state index contributed by atoms with van der Waals surface area (Å²) in [6.07, 6.45) is 0.479. The Hall–Kier alpha value is -1.86. The number of hydrogen-bond donors (Lipinski definition) is 1. The van der Waals surface area contributed by atoms with Crippen molar-refractivity contribution in [3.05, 3.63) is 41.8 Å². The third kappa shape index (κ3) is 3.58. The number of rotatable bonds is 6. The van der Waals surface area contributed by atoms with E-state index in [4.69, 9.17) is 9.26 Å². The van der Waals surface area contributed by atoms with Crippen LogP contribution in [0, 0.1) is 6.92 Å². The van der Waals surface area contributed by atoms with E-state index in [0.29, 0.717) is 17.9 Å². The summed E-state index contributed by atoms with van der Waals surface area (Å²) in [6, 6.07) is 8.00. The minimum absolute atomic E-state index is 0.203. The molecule has 2 aromatic rings. The molecule has 0 spiro atoms. The highest BCUT2D eigenvalue weighted by atomic mass is 32.2. The maximum atomic E-state index is 12.0. The predicted molar refractivity (Wildman–Crippen MR) is 73.1 cm³/mol. The lowest BCUT2D eigenvalue weighted by molar-refractivity contribution is 0.390. The Bertz CT molecular complexity index is 662. The van der Waals surface area contributed by atoms with Gasteiger partial charge in [0.15, 0.2) is 0 Å². The molecule has 0 saturated heterocycles. The van der Waals surface area contributed by atoms with Crippen molar-refractivity contribution in [3.63, 3.8) is 0 Å². The smallest absolute Gasteiger partial charge is 0.240 e. The van der Waals surface area contributed by atoms with Gasteiger partial charge in [0.25, 0.3) is 0 Å². The van der Waals surface area contributed by atoms with Crippen LogP contribution in [0.15, 0.2) is 39.8 Å². The molecule has 1 aromatic carbocycles. The minimum Gasteiger partial charge on any atom is -0.497 e. The number of nitrogens with zero attached hydrogens (tertiary/aromatic N) is 1. The zero-order valence-corrected chi connectivity index (χ0v) is 12.1. The van der Waals surface area contributed by atoms with Crippen molar-refractivity contribution in [1.82, 2.24) is 9.88 Å². The lowest BCUT2D eigenvalue weighted by Crippen LogP contribution is -2.26. The van der Waals surface area contributed by atoms with Crippen LogP contribution in [-0.4, -0.2) is 27.2 Å². The normalized spacial score (nSPS) is 11.5. The third-order valence-corrected chi connectivity index (χ3v) is 4.20. The molecule has 20 heavy (non-hydrogen) atoms. The van der Waals surface area contributed by atoms with Crippen LogP contribution in [0.5, 0.6) is 5.75 Å². The van der Waals surface area contributed by atoms with Gasteiger partial charge < -0.3 is 9.26 Å². The molecule has 1 N–H and O–H groups in total. The van der Waals surface area contributed by atoms with Gasteiger partial charge in [-0.1, -0.05) is 5.16 Å². The number of methoxy groups -OCH3 is 1. The lowest BCUT2D eigenvalue weighted by atomic mass is 10.3. The number of aryl methyl sites for hydroxylation is 1. The van der Waals surface area contributed by atoms with Crippen LogP contribution >= 0.6 is 0 Å². The van der Waals surface area contributed by atoms with Gasteiger partial charge in [-0.3, -0.25) is 0 Å². The summed E-state index contributed by atoms with van der Waals surface area (Å²) >= 11 is 0. The monoisotopic (exact) mass is 296 g/mol. The molecule has 0 atom stereocenters. The minimum atomic E-state index is -3.51. The Balaban J connectivity index is 1.96. The Morgan fingerprint density at radius 1 is 1.30 bits per heavy atom. The first kappa shape index (κ1) is 14.5. The van der Waals surface area contributed by atoms with Gasteiger partial charge in [-0.2, -0.15) is 0 Å². The van der Waals surface area contributed by atoms with Crippen molar-refractivity contribution in [1.29, 1.82) is 0 Å². The maximum Gasteiger partial charge on any atom is 0.240 e. The molecule has 1 aromatic heterocycles. The molecule has 2 rings (SSSR count). The van der Waals surface area contributed by atoms with Gasteiger partial charge in [-0.25, -0.2) is 13.1 Å². The fourth-order valence-corrected chi connectivity index (χ4v) is 2.72. The maximum absolute atomic E-state index is 12.0. The van der Waals surface area contributed by atoms with E-state index >= 15 is 0 Å². The molecule has 0 unspecified atom stereocenters. The van der Waals surface area contributed by atoms with E-state index in [1.165, 1.54) is 19.2 Å². The fraction of sp³-hybridized carbons (Fsp3) is 0.308. The zero-order valence-electron chi connectivity index (χ0n) is 11.3. The number of ether oxygens (including phenoxy) is 1. The quantitative estimate of drug-likeness (QED) is 0.874. The molecule has 0 aliphatic rings. The summed E-state index contributed by atoms with van der Waals surface area (Å²) in [5, 5.41) is 3.80. The standard InChI is InChI=1S/C13H16N2O4S/c1-10-9-11(15-19-10)7-8-14-20(16,17)13-5-3-12(18-2)4-6-13/h3-6,9,14H,7-8H2,1-2H3. The van der Waals surface area contributed by atoms with E-state index < -0.39 is 10.0 Å². The Morgan fingerprint density at radius 2 is 2.00 bits per heavy atom. The molecule has 6 nitrogen and oxygen atoms in total. The average Bonchev–Trinajstić information content (AvgIpc) is 2.84. The zero-order chi connectivity index (χ0) is 14.6. The van der Waals surface area contributed by atoms with Gasteiger partial charge in [0.2, 0.25) is 10.0 Å². The van der Waals surface area contributed by atoms with Gasteiger partial charge in [-0.05, 0) is 31.2 Å². The van der Waals surface area contributed by atoms with Crippen molar-refractivity contribution >= 4 is 10.0 Å². The van der Waals surface area contributed by atoms with Gasteiger partial charge >= 0.3 is 0 Å². The summed E-state index contributed by atoms with van der Waals surface area (Å²) in [5.74, 6) is 1.32. The van der Waals surface area contributed by atoms with Crippen molar-refractivity contribution in [2.24, 2.45) is 0 Å². The van der Waals surface area contributed by atoms with E-state index in [-0.39, 0.29) is 11.4 Å². The SMILES string of the molecule is COc1ccc(S(=O)(=O)NCCc2cc(C)on2)cc1. The molecular weight excluding hydrogens is 280 g/mol. The Kier molecular flexibility index (Phi) is 4.41. The number of benzene rings is 1. The van der Waals surface area contributed by atoms with Gasteiger partial charge in [-0.15, -0.1) is 0 Å². The van der Waals surface area contributed by atoms with Crippen molar-refractivity contribution in [3.8, 4) is 5.75 Å². The van der Waals surface area contributed by atoms with Crippen LogP contribution in [0.4, 0.5) is 0 Å². The second-order valence-corrected chi connectivity index (χ2v) is 6.02. The summed E-state index contributed by atoms with van der Waals surface area (Å²) < 4.78 is 36.5. The second kappa shape index (κ2) is 6.06. The van der Waals surface area contributed by atoms with Crippen molar-refractivity contribution < 1.29 is 17.7 Å². The molecule has 108 valence electrons. The van der Waals surface area contributed by atoms with Crippen LogP contribution in [0.3, 0.4) is 0 Å². The third-order valence-electron chi connectivity index (χ3n) is 2.72. The number of sulfonamides is 1. The highest BCUT2D eigenvalue weighted by Gasteiger charge is 2.13. The van der Waals surface area contributed by atoms with Gasteiger partial charge in [0, 0.05) is 19.0 Å². The van der Waals surface area contributed by atoms with Crippen LogP contribution in [0.1, 0.15) is 11.5 Å². The summed E-state index contributed by atoms with van der Waals surface area (Å²) in [6.45, 7) is 2.05. The van der Waals surface area contributed by atoms with E-state index in [0.717, 1.165) is 5.69 Å². The molecule has 0 aliphatic heterocycles. The summed E-state index contributed by atoms with van der Waals surface area (Å²) in [5.41, 5.74) is 0.722. The lowest BCUT2D eigenvalue weighted by Gasteiger charge is -2.06. The number of aromatic nitrogens is 1. The first-order chi connectivity index (χ1) is 9.51. The number of nitrogens with one attached hydrogen (secondary N) is 1. The molecule has 7 heteroatoms. The van der Waals surface area contributed by atoms with Crippen LogP contribution < -0.4 is 9.46 Å². The average molecular weight is 296 g/mol. The van der Waals surface area contributed by atoms with Crippen molar-refractivity contribution in [2.75, 3.05) is 13.7 Å². The predicted octanol–water partition coefficient (Wildman–Crippen LogP) is 1.51. The molecule has 0 aliphatic carbocycles. The second-order valence-electron chi connectivity index (χ2n) is 4.25. The van der Waals surface area contributed by atoms with Crippen molar-refractivity contribution in [2.45, 2.75) is 18.2 Å². The van der Waals surface area contributed by atoms with Gasteiger partial charge in [0.1, 0.15) is 11.5 Å². The highest BCUT2D eigenvalue weighted by Crippen LogP contribution is 2.15. The molecule has 0 radical (unpaired) electrons. The molecule has 0 fully saturated rings. The first-order valence-corrected chi connectivity index (χ1v) is 7.55. The fourth-order valence-electron chi connectivity index (χ4n) is 1.69. The van der Waals surface area contributed by atoms with E-state index in [1.54, 1.807) is 25.1 Å². The van der Waals surface area contributed by atoms with E-state index in [9.17, 15) is 8.42 Å². The number of hydrogen-bond acceptors (Lipinski definition) is 5. The Labute approximate surface area is 117 Å². The highest BCUT2D eigenvalue weighted by molar-refractivity contribution is 7.89. The molecule has 0 saturated carbocycles. The van der Waals surface area contributed by atoms with E-state index in [1.807, 2.05) is 0 Å². The van der Waals surface area contributed by atoms with E-state index in [2.05, 4.69) is 9.88 Å². The molecule has 1 heterocycles. The van der Waals surface area contributed by atoms with Crippen LogP contribution in [0.25, 0.3) is 0 Å². The van der Waals surface area contributed by atoms with Gasteiger partial charge in [0.05, 0.1) is 17.7 Å². The summed E-state index contributed by atoms with van der Waals surface area (Å²) in [7, 11) is -1.98. The summed E-state index contributed by atoms with van der Waals surface area (Å²) in [4.78, 5) is 0.203. The Morgan fingerprint density at radius 3 is 2.55 bits per heavy atom. The first-order valence-electron chi connectivity index (χ1n) is 6.07. The largest absolute Gasteiger partial charge is 0.497 e.